The summed E-state index contributed by atoms with van der Waals surface area (Å²) in [7, 11) is -2.25. The van der Waals surface area contributed by atoms with Crippen LogP contribution in [0, 0.1) is 6.92 Å². The van der Waals surface area contributed by atoms with Gasteiger partial charge in [0, 0.05) is 18.6 Å². The second-order valence-electron chi connectivity index (χ2n) is 3.40. The first-order valence-electron chi connectivity index (χ1n) is 5.06. The van der Waals surface area contributed by atoms with Crippen molar-refractivity contribution in [3.05, 3.63) is 22.2 Å². The molecule has 0 fully saturated rings. The zero-order chi connectivity index (χ0) is 13.6. The lowest BCUT2D eigenvalue weighted by Gasteiger charge is -2.03. The van der Waals surface area contributed by atoms with Crippen molar-refractivity contribution in [2.75, 3.05) is 19.5 Å². The van der Waals surface area contributed by atoms with Crippen molar-refractivity contribution >= 4 is 33.3 Å². The maximum absolute atomic E-state index is 11.4. The number of nitrogens with zero attached hydrogens (tertiary/aromatic N) is 1. The molecule has 0 radical (unpaired) electrons. The first kappa shape index (κ1) is 14.8. The minimum Gasteiger partial charge on any atom is -0.384 e. The summed E-state index contributed by atoms with van der Waals surface area (Å²) in [4.78, 5) is 15.5. The third kappa shape index (κ3) is 5.39. The van der Waals surface area contributed by atoms with Crippen LogP contribution in [-0.4, -0.2) is 38.8 Å². The van der Waals surface area contributed by atoms with Gasteiger partial charge in [0.1, 0.15) is 0 Å². The standard InChI is InChI=1S/C10H14N2O4S2/c1-8-11-9(7-17-8)3-4-10(13)12-18(14,15)6-5-16-2/h3-4,7H,5-6H2,1-2H3,(H,12,13). The number of hydrogen-bond donors (Lipinski definition) is 1. The van der Waals surface area contributed by atoms with Gasteiger partial charge in [0.15, 0.2) is 0 Å². The molecule has 0 saturated carbocycles. The van der Waals surface area contributed by atoms with Gasteiger partial charge < -0.3 is 4.74 Å². The fourth-order valence-electron chi connectivity index (χ4n) is 1.05. The predicted octanol–water partition coefficient (Wildman–Crippen LogP) is 0.557. The molecule has 0 aliphatic heterocycles. The number of carbonyl (C=O) groups excluding carboxylic acids is 1. The van der Waals surface area contributed by atoms with Crippen molar-refractivity contribution in [1.29, 1.82) is 0 Å². The molecule has 1 amide bonds. The van der Waals surface area contributed by atoms with Crippen LogP contribution in [0.4, 0.5) is 0 Å². The van der Waals surface area contributed by atoms with Crippen molar-refractivity contribution in [2.24, 2.45) is 0 Å². The maximum Gasteiger partial charge on any atom is 0.257 e. The average Bonchev–Trinajstić information content (AvgIpc) is 2.69. The number of methoxy groups -OCH3 is 1. The van der Waals surface area contributed by atoms with Crippen LogP contribution in [0.5, 0.6) is 0 Å². The topological polar surface area (TPSA) is 85.4 Å². The van der Waals surface area contributed by atoms with Crippen LogP contribution in [0.15, 0.2) is 11.5 Å². The second kappa shape index (κ2) is 6.62. The summed E-state index contributed by atoms with van der Waals surface area (Å²) in [5, 5.41) is 2.65. The molecule has 0 atom stereocenters. The van der Waals surface area contributed by atoms with Gasteiger partial charge in [-0.2, -0.15) is 0 Å². The highest BCUT2D eigenvalue weighted by molar-refractivity contribution is 7.90. The maximum atomic E-state index is 11.4. The lowest BCUT2D eigenvalue weighted by molar-refractivity contribution is -0.114. The molecule has 0 spiro atoms. The highest BCUT2D eigenvalue weighted by Crippen LogP contribution is 2.08. The van der Waals surface area contributed by atoms with Crippen LogP contribution >= 0.6 is 11.3 Å². The van der Waals surface area contributed by atoms with Crippen molar-refractivity contribution < 1.29 is 17.9 Å². The molecule has 1 N–H and O–H groups in total. The van der Waals surface area contributed by atoms with E-state index < -0.39 is 15.9 Å². The van der Waals surface area contributed by atoms with E-state index in [9.17, 15) is 13.2 Å². The molecule has 0 aromatic carbocycles. The van der Waals surface area contributed by atoms with E-state index in [1.807, 2.05) is 11.6 Å². The fraction of sp³-hybridized carbons (Fsp3) is 0.400. The summed E-state index contributed by atoms with van der Waals surface area (Å²) in [5.41, 5.74) is 0.627. The first-order valence-corrected chi connectivity index (χ1v) is 7.60. The SMILES string of the molecule is COCCS(=O)(=O)NC(=O)C=Cc1csc(C)n1. The quantitative estimate of drug-likeness (QED) is 0.774. The Morgan fingerprint density at radius 3 is 2.89 bits per heavy atom. The summed E-state index contributed by atoms with van der Waals surface area (Å²) in [5.74, 6) is -0.949. The van der Waals surface area contributed by atoms with E-state index in [0.29, 0.717) is 5.69 Å². The molecule has 100 valence electrons. The van der Waals surface area contributed by atoms with Gasteiger partial charge in [-0.05, 0) is 13.0 Å². The first-order chi connectivity index (χ1) is 8.43. The van der Waals surface area contributed by atoms with Crippen LogP contribution in [0.1, 0.15) is 10.7 Å². The van der Waals surface area contributed by atoms with E-state index >= 15 is 0 Å². The Labute approximate surface area is 110 Å². The van der Waals surface area contributed by atoms with E-state index in [1.165, 1.54) is 24.5 Å². The Balaban J connectivity index is 2.54. The molecule has 6 nitrogen and oxygen atoms in total. The normalized spacial score (nSPS) is 11.9. The summed E-state index contributed by atoms with van der Waals surface area (Å²) in [6.07, 6.45) is 2.60. The minimum atomic E-state index is -3.64. The van der Waals surface area contributed by atoms with Gasteiger partial charge in [-0.3, -0.25) is 4.79 Å². The number of aryl methyl sites for hydroxylation is 1. The number of thiazole rings is 1. The number of nitrogens with one attached hydrogen (secondary N) is 1. The Morgan fingerprint density at radius 2 is 2.33 bits per heavy atom. The van der Waals surface area contributed by atoms with Gasteiger partial charge in [-0.1, -0.05) is 0 Å². The monoisotopic (exact) mass is 290 g/mol. The van der Waals surface area contributed by atoms with Gasteiger partial charge in [-0.15, -0.1) is 11.3 Å². The number of ether oxygens (including phenoxy) is 1. The fourth-order valence-corrected chi connectivity index (χ4v) is 2.49. The molecule has 0 unspecified atom stereocenters. The van der Waals surface area contributed by atoms with E-state index in [4.69, 9.17) is 0 Å². The summed E-state index contributed by atoms with van der Waals surface area (Å²) >= 11 is 1.45. The number of hydrogen-bond acceptors (Lipinski definition) is 6. The van der Waals surface area contributed by atoms with E-state index in [1.54, 1.807) is 5.38 Å². The molecule has 0 bridgehead atoms. The molecule has 0 aliphatic carbocycles. The van der Waals surface area contributed by atoms with Crippen LogP contribution in [0.25, 0.3) is 6.08 Å². The summed E-state index contributed by atoms with van der Waals surface area (Å²) < 4.78 is 29.3. The molecule has 1 aromatic heterocycles. The molecule has 1 heterocycles. The highest BCUT2D eigenvalue weighted by Gasteiger charge is 2.12. The van der Waals surface area contributed by atoms with Crippen LogP contribution in [0.2, 0.25) is 0 Å². The summed E-state index contributed by atoms with van der Waals surface area (Å²) in [6.45, 7) is 1.88. The van der Waals surface area contributed by atoms with Crippen LogP contribution < -0.4 is 4.72 Å². The van der Waals surface area contributed by atoms with E-state index in [2.05, 4.69) is 9.72 Å². The van der Waals surface area contributed by atoms with Crippen LogP contribution in [-0.2, 0) is 19.6 Å². The Hall–Kier alpha value is -1.25. The number of amides is 1. The number of carbonyl (C=O) groups is 1. The van der Waals surface area contributed by atoms with Gasteiger partial charge in [0.2, 0.25) is 10.0 Å². The molecule has 8 heteroatoms. The van der Waals surface area contributed by atoms with Crippen LogP contribution in [0.3, 0.4) is 0 Å². The molecule has 18 heavy (non-hydrogen) atoms. The summed E-state index contributed by atoms with van der Waals surface area (Å²) in [6, 6.07) is 0. The largest absolute Gasteiger partial charge is 0.384 e. The number of rotatable bonds is 6. The minimum absolute atomic E-state index is 0.0393. The van der Waals surface area contributed by atoms with Crippen molar-refractivity contribution in [3.63, 3.8) is 0 Å². The molecule has 1 aromatic rings. The predicted molar refractivity (Wildman–Crippen MR) is 69.7 cm³/mol. The lowest BCUT2D eigenvalue weighted by atomic mass is 10.4. The zero-order valence-electron chi connectivity index (χ0n) is 10.0. The third-order valence-corrected chi connectivity index (χ3v) is 3.86. The average molecular weight is 290 g/mol. The highest BCUT2D eigenvalue weighted by atomic mass is 32.2. The molecule has 0 aliphatic rings. The lowest BCUT2D eigenvalue weighted by Crippen LogP contribution is -2.32. The second-order valence-corrected chi connectivity index (χ2v) is 6.31. The van der Waals surface area contributed by atoms with Crippen molar-refractivity contribution in [1.82, 2.24) is 9.71 Å². The Morgan fingerprint density at radius 1 is 1.61 bits per heavy atom. The smallest absolute Gasteiger partial charge is 0.257 e. The van der Waals surface area contributed by atoms with Gasteiger partial charge in [0.05, 0.1) is 23.1 Å². The van der Waals surface area contributed by atoms with Gasteiger partial charge >= 0.3 is 0 Å². The Kier molecular flexibility index (Phi) is 5.45. The van der Waals surface area contributed by atoms with Crippen molar-refractivity contribution in [3.8, 4) is 0 Å². The van der Waals surface area contributed by atoms with Gasteiger partial charge in [-0.25, -0.2) is 18.1 Å². The molecular formula is C10H14N2O4S2. The zero-order valence-corrected chi connectivity index (χ0v) is 11.7. The number of aromatic nitrogens is 1. The van der Waals surface area contributed by atoms with E-state index in [0.717, 1.165) is 11.1 Å². The molecular weight excluding hydrogens is 276 g/mol. The molecule has 1 rings (SSSR count). The third-order valence-electron chi connectivity index (χ3n) is 1.85. The Bertz CT molecular complexity index is 534. The van der Waals surface area contributed by atoms with Gasteiger partial charge in [0.25, 0.3) is 5.91 Å². The van der Waals surface area contributed by atoms with E-state index in [-0.39, 0.29) is 12.4 Å². The molecule has 0 saturated heterocycles. The van der Waals surface area contributed by atoms with Crippen molar-refractivity contribution in [2.45, 2.75) is 6.92 Å². The number of sulfonamides is 1.